The summed E-state index contributed by atoms with van der Waals surface area (Å²) in [6.07, 6.45) is 5.55. The van der Waals surface area contributed by atoms with Gasteiger partial charge in [0.1, 0.15) is 5.56 Å². The van der Waals surface area contributed by atoms with Gasteiger partial charge in [0.05, 0.1) is 12.8 Å². The number of hydrogen-bond acceptors (Lipinski definition) is 5. The Labute approximate surface area is 90.5 Å². The van der Waals surface area contributed by atoms with E-state index in [1.165, 1.54) is 29.2 Å². The predicted octanol–water partition coefficient (Wildman–Crippen LogP) is 0.266. The largest absolute Gasteiger partial charge is 0.462 e. The molecule has 0 aliphatic heterocycles. The highest BCUT2D eigenvalue weighted by molar-refractivity contribution is 5.88. The van der Waals surface area contributed by atoms with E-state index in [1.54, 1.807) is 6.92 Å². The van der Waals surface area contributed by atoms with Gasteiger partial charge in [0.15, 0.2) is 5.65 Å². The molecule has 0 radical (unpaired) electrons. The predicted molar refractivity (Wildman–Crippen MR) is 55.2 cm³/mol. The molecule has 0 aliphatic carbocycles. The van der Waals surface area contributed by atoms with Crippen LogP contribution in [0.1, 0.15) is 17.3 Å². The van der Waals surface area contributed by atoms with E-state index >= 15 is 0 Å². The van der Waals surface area contributed by atoms with Crippen molar-refractivity contribution in [3.63, 3.8) is 0 Å². The summed E-state index contributed by atoms with van der Waals surface area (Å²) >= 11 is 0. The zero-order chi connectivity index (χ0) is 11.5. The summed E-state index contributed by atoms with van der Waals surface area (Å²) in [6, 6.07) is 0. The van der Waals surface area contributed by atoms with Gasteiger partial charge < -0.3 is 4.74 Å². The molecule has 0 unspecified atom stereocenters. The fraction of sp³-hybridized carbons (Fsp3) is 0.200. The van der Waals surface area contributed by atoms with Crippen LogP contribution in [0.3, 0.4) is 0 Å². The molecule has 0 bridgehead atoms. The van der Waals surface area contributed by atoms with Crippen molar-refractivity contribution in [3.8, 4) is 0 Å². The lowest BCUT2D eigenvalue weighted by molar-refractivity contribution is 0.0523. The van der Waals surface area contributed by atoms with Crippen molar-refractivity contribution in [2.45, 2.75) is 6.92 Å². The maximum Gasteiger partial charge on any atom is 0.345 e. The SMILES string of the molecule is CCOC(=O)c1cnc2cnccn2c1=O. The van der Waals surface area contributed by atoms with Gasteiger partial charge in [-0.3, -0.25) is 14.2 Å². The van der Waals surface area contributed by atoms with Gasteiger partial charge in [-0.1, -0.05) is 0 Å². The van der Waals surface area contributed by atoms with E-state index in [0.717, 1.165) is 0 Å². The second-order valence-electron chi connectivity index (χ2n) is 3.00. The van der Waals surface area contributed by atoms with Crippen LogP contribution in [-0.4, -0.2) is 26.9 Å². The second-order valence-corrected chi connectivity index (χ2v) is 3.00. The molecule has 0 N–H and O–H groups in total. The minimum absolute atomic E-state index is 0.0782. The highest BCUT2D eigenvalue weighted by Gasteiger charge is 2.13. The van der Waals surface area contributed by atoms with Crippen LogP contribution in [0.15, 0.2) is 29.6 Å². The molecule has 0 atom stereocenters. The maximum atomic E-state index is 11.8. The van der Waals surface area contributed by atoms with Crippen LogP contribution in [-0.2, 0) is 4.74 Å². The monoisotopic (exact) mass is 219 g/mol. The number of aromatic nitrogens is 3. The third-order valence-electron chi connectivity index (χ3n) is 2.01. The number of carbonyl (C=O) groups excluding carboxylic acids is 1. The summed E-state index contributed by atoms with van der Waals surface area (Å²) in [5, 5.41) is 0. The van der Waals surface area contributed by atoms with Gasteiger partial charge in [0.25, 0.3) is 5.56 Å². The molecule has 6 nitrogen and oxygen atoms in total. The zero-order valence-electron chi connectivity index (χ0n) is 8.58. The number of carbonyl (C=O) groups is 1. The first-order valence-electron chi connectivity index (χ1n) is 4.72. The molecule has 0 saturated carbocycles. The first-order chi connectivity index (χ1) is 7.74. The average molecular weight is 219 g/mol. The molecule has 0 fully saturated rings. The first-order valence-corrected chi connectivity index (χ1v) is 4.72. The average Bonchev–Trinajstić information content (AvgIpc) is 2.30. The van der Waals surface area contributed by atoms with E-state index < -0.39 is 11.5 Å². The van der Waals surface area contributed by atoms with E-state index in [4.69, 9.17) is 4.74 Å². The Balaban J connectivity index is 2.61. The van der Waals surface area contributed by atoms with Crippen molar-refractivity contribution in [1.29, 1.82) is 0 Å². The summed E-state index contributed by atoms with van der Waals surface area (Å²) in [4.78, 5) is 31.0. The lowest BCUT2D eigenvalue weighted by atomic mass is 10.3. The van der Waals surface area contributed by atoms with Gasteiger partial charge in [-0.15, -0.1) is 0 Å². The van der Waals surface area contributed by atoms with Gasteiger partial charge in [0.2, 0.25) is 0 Å². The third-order valence-corrected chi connectivity index (χ3v) is 2.01. The molecule has 2 aromatic heterocycles. The molecular formula is C10H9N3O3. The normalized spacial score (nSPS) is 10.3. The zero-order valence-corrected chi connectivity index (χ0v) is 8.58. The molecule has 6 heteroatoms. The Bertz CT molecular complexity index is 591. The molecule has 2 heterocycles. The highest BCUT2D eigenvalue weighted by Crippen LogP contribution is 1.97. The van der Waals surface area contributed by atoms with Crippen LogP contribution in [0.2, 0.25) is 0 Å². The molecule has 0 spiro atoms. The van der Waals surface area contributed by atoms with Crippen molar-refractivity contribution >= 4 is 11.6 Å². The Kier molecular flexibility index (Phi) is 2.63. The summed E-state index contributed by atoms with van der Waals surface area (Å²) in [5.74, 6) is -0.661. The van der Waals surface area contributed by atoms with Crippen LogP contribution in [0.5, 0.6) is 0 Å². The van der Waals surface area contributed by atoms with Crippen LogP contribution in [0.4, 0.5) is 0 Å². The molecule has 82 valence electrons. The smallest absolute Gasteiger partial charge is 0.345 e. The molecule has 0 amide bonds. The summed E-state index contributed by atoms with van der Waals surface area (Å²) in [7, 11) is 0. The molecule has 2 rings (SSSR count). The number of esters is 1. The highest BCUT2D eigenvalue weighted by atomic mass is 16.5. The fourth-order valence-electron chi connectivity index (χ4n) is 1.29. The summed E-state index contributed by atoms with van der Waals surface area (Å²) in [6.45, 7) is 1.89. The van der Waals surface area contributed by atoms with Gasteiger partial charge in [0, 0.05) is 18.6 Å². The number of nitrogens with zero attached hydrogens (tertiary/aromatic N) is 3. The van der Waals surface area contributed by atoms with Crippen LogP contribution < -0.4 is 5.56 Å². The molecule has 2 aromatic rings. The van der Waals surface area contributed by atoms with Crippen molar-refractivity contribution in [3.05, 3.63) is 40.7 Å². The summed E-state index contributed by atoms with van der Waals surface area (Å²) < 4.78 is 6.00. The Morgan fingerprint density at radius 3 is 3.06 bits per heavy atom. The molecule has 0 aliphatic rings. The standard InChI is InChI=1S/C10H9N3O3/c1-2-16-10(15)7-5-12-8-6-11-3-4-13(8)9(7)14/h3-6H,2H2,1H3. The van der Waals surface area contributed by atoms with Crippen LogP contribution >= 0.6 is 0 Å². The first kappa shape index (κ1) is 10.3. The molecule has 0 saturated heterocycles. The number of fused-ring (bicyclic) bond motifs is 1. The van der Waals surface area contributed by atoms with Gasteiger partial charge in [-0.05, 0) is 6.92 Å². The van der Waals surface area contributed by atoms with Crippen molar-refractivity contribution in [1.82, 2.24) is 14.4 Å². The summed E-state index contributed by atoms with van der Waals surface area (Å²) in [5.41, 5.74) is -0.142. The van der Waals surface area contributed by atoms with Crippen molar-refractivity contribution in [2.24, 2.45) is 0 Å². The topological polar surface area (TPSA) is 73.6 Å². The minimum Gasteiger partial charge on any atom is -0.462 e. The number of hydrogen-bond donors (Lipinski definition) is 0. The van der Waals surface area contributed by atoms with E-state index in [2.05, 4.69) is 9.97 Å². The van der Waals surface area contributed by atoms with E-state index in [1.807, 2.05) is 0 Å². The molecule has 16 heavy (non-hydrogen) atoms. The van der Waals surface area contributed by atoms with Gasteiger partial charge in [-0.25, -0.2) is 9.78 Å². The lowest BCUT2D eigenvalue weighted by Gasteiger charge is -2.02. The number of ether oxygens (including phenoxy) is 1. The quantitative estimate of drug-likeness (QED) is 0.677. The lowest BCUT2D eigenvalue weighted by Crippen LogP contribution is -2.24. The minimum atomic E-state index is -0.661. The second kappa shape index (κ2) is 4.09. The van der Waals surface area contributed by atoms with Crippen molar-refractivity contribution < 1.29 is 9.53 Å². The maximum absolute atomic E-state index is 11.8. The van der Waals surface area contributed by atoms with Crippen molar-refractivity contribution in [2.75, 3.05) is 6.61 Å². The van der Waals surface area contributed by atoms with E-state index in [0.29, 0.717) is 5.65 Å². The number of rotatable bonds is 2. The van der Waals surface area contributed by atoms with Gasteiger partial charge in [-0.2, -0.15) is 0 Å². The Hall–Kier alpha value is -2.24. The molecular weight excluding hydrogens is 210 g/mol. The van der Waals surface area contributed by atoms with Crippen LogP contribution in [0.25, 0.3) is 5.65 Å². The van der Waals surface area contributed by atoms with E-state index in [9.17, 15) is 9.59 Å². The third kappa shape index (κ3) is 1.65. The Morgan fingerprint density at radius 2 is 2.31 bits per heavy atom. The van der Waals surface area contributed by atoms with Gasteiger partial charge >= 0.3 is 5.97 Å². The van der Waals surface area contributed by atoms with E-state index in [-0.39, 0.29) is 12.2 Å². The fourth-order valence-corrected chi connectivity index (χ4v) is 1.29. The van der Waals surface area contributed by atoms with Crippen LogP contribution in [0, 0.1) is 0 Å². The molecule has 0 aromatic carbocycles. The Morgan fingerprint density at radius 1 is 1.50 bits per heavy atom.